The summed E-state index contributed by atoms with van der Waals surface area (Å²) < 4.78 is 10.8. The lowest BCUT2D eigenvalue weighted by Gasteiger charge is -2.21. The van der Waals surface area contributed by atoms with Crippen LogP contribution >= 0.6 is 0 Å². The lowest BCUT2D eigenvalue weighted by molar-refractivity contribution is -0.143. The number of carbonyl (C=O) groups is 2. The van der Waals surface area contributed by atoms with Crippen molar-refractivity contribution in [3.05, 3.63) is 42.1 Å². The van der Waals surface area contributed by atoms with Crippen molar-refractivity contribution < 1.29 is 19.1 Å². The Morgan fingerprint density at radius 3 is 2.29 bits per heavy atom. The molecule has 5 nitrogen and oxygen atoms in total. The van der Waals surface area contributed by atoms with Gasteiger partial charge in [0.25, 0.3) is 0 Å². The quantitative estimate of drug-likeness (QED) is 0.568. The van der Waals surface area contributed by atoms with Crippen LogP contribution in [0.15, 0.2) is 42.1 Å². The van der Waals surface area contributed by atoms with Crippen LogP contribution in [0.3, 0.4) is 0 Å². The van der Waals surface area contributed by atoms with Crippen molar-refractivity contribution in [2.24, 2.45) is 0 Å². The van der Waals surface area contributed by atoms with Gasteiger partial charge in [-0.3, -0.25) is 9.59 Å². The van der Waals surface area contributed by atoms with E-state index in [0.717, 1.165) is 0 Å². The average Bonchev–Trinajstić information content (AvgIpc) is 2.41. The summed E-state index contributed by atoms with van der Waals surface area (Å²) in [5.74, 6) is 0.0711. The van der Waals surface area contributed by atoms with Crippen molar-refractivity contribution in [2.75, 3.05) is 20.7 Å². The molecule has 5 heteroatoms. The Bertz CT molecular complexity index is 508. The van der Waals surface area contributed by atoms with E-state index in [4.69, 9.17) is 9.47 Å². The second-order valence-corrected chi connectivity index (χ2v) is 4.83. The number of Topliss-reactive ketones (excluding diaryl/α,β-unsaturated/α-hetero) is 1. The molecule has 0 radical (unpaired) electrons. The maximum atomic E-state index is 11.8. The van der Waals surface area contributed by atoms with E-state index in [-0.39, 0.29) is 12.4 Å². The molecule has 0 aromatic heterocycles. The number of carbonyl (C=O) groups excluding carboxylic acids is 2. The van der Waals surface area contributed by atoms with E-state index in [1.165, 1.54) is 13.8 Å². The highest BCUT2D eigenvalue weighted by Crippen LogP contribution is 2.17. The molecule has 0 amide bonds. The Kier molecular flexibility index (Phi) is 6.46. The van der Waals surface area contributed by atoms with E-state index in [2.05, 4.69) is 0 Å². The predicted molar refractivity (Wildman–Crippen MR) is 79.9 cm³/mol. The van der Waals surface area contributed by atoms with Crippen LogP contribution in [0.5, 0.6) is 5.75 Å². The van der Waals surface area contributed by atoms with E-state index < -0.39 is 12.1 Å². The highest BCUT2D eigenvalue weighted by molar-refractivity contribution is 5.94. The number of hydrogen-bond donors (Lipinski definition) is 0. The maximum absolute atomic E-state index is 11.8. The second-order valence-electron chi connectivity index (χ2n) is 4.83. The third-order valence-corrected chi connectivity index (χ3v) is 2.61. The Labute approximate surface area is 125 Å². The zero-order valence-electron chi connectivity index (χ0n) is 12.8. The highest BCUT2D eigenvalue weighted by Gasteiger charge is 2.22. The lowest BCUT2D eigenvalue weighted by Crippen LogP contribution is -2.30. The average molecular weight is 291 g/mol. The van der Waals surface area contributed by atoms with Crippen LogP contribution in [0.4, 0.5) is 0 Å². The summed E-state index contributed by atoms with van der Waals surface area (Å²) in [6, 6.07) is 9.11. The number of ketones is 1. The molecule has 1 unspecified atom stereocenters. The monoisotopic (exact) mass is 291 g/mol. The molecule has 21 heavy (non-hydrogen) atoms. The summed E-state index contributed by atoms with van der Waals surface area (Å²) in [5.41, 5.74) is 0.449. The number of ether oxygens (including phenoxy) is 2. The molecule has 1 rings (SSSR count). The number of para-hydroxylation sites is 1. The first kappa shape index (κ1) is 16.8. The zero-order chi connectivity index (χ0) is 15.8. The minimum absolute atomic E-state index is 0.0104. The van der Waals surface area contributed by atoms with Gasteiger partial charge in [-0.05, 0) is 19.1 Å². The molecule has 0 aliphatic rings. The molecular formula is C16H21NO4. The molecule has 0 saturated carbocycles. The van der Waals surface area contributed by atoms with Crippen molar-refractivity contribution in [2.45, 2.75) is 20.0 Å². The summed E-state index contributed by atoms with van der Waals surface area (Å²) in [5, 5.41) is 0. The minimum Gasteiger partial charge on any atom is -0.482 e. The van der Waals surface area contributed by atoms with Crippen molar-refractivity contribution >= 4 is 11.8 Å². The Morgan fingerprint density at radius 2 is 1.81 bits per heavy atom. The Hall–Kier alpha value is -2.30. The maximum Gasteiger partial charge on any atom is 0.302 e. The topological polar surface area (TPSA) is 55.8 Å². The standard InChI is InChI=1S/C16H21NO4/c1-12(18)15(10-17(3)4)16(11-20-13(2)19)21-14-8-6-5-7-9-14/h5-10,16H,11H2,1-4H3. The normalized spacial score (nSPS) is 12.5. The Balaban J connectivity index is 2.99. The van der Waals surface area contributed by atoms with Crippen molar-refractivity contribution in [3.8, 4) is 5.75 Å². The number of rotatable bonds is 7. The third-order valence-electron chi connectivity index (χ3n) is 2.61. The summed E-state index contributed by atoms with van der Waals surface area (Å²) in [6.45, 7) is 2.77. The van der Waals surface area contributed by atoms with E-state index in [1.807, 2.05) is 32.3 Å². The first-order valence-electron chi connectivity index (χ1n) is 6.64. The van der Waals surface area contributed by atoms with Crippen LogP contribution in [-0.2, 0) is 14.3 Å². The SMILES string of the molecule is CC(=O)OCC(Oc1ccccc1)C(=CN(C)C)C(C)=O. The van der Waals surface area contributed by atoms with Crippen molar-refractivity contribution in [3.63, 3.8) is 0 Å². The molecule has 0 saturated heterocycles. The predicted octanol–water partition coefficient (Wildman–Crippen LogP) is 2.03. The van der Waals surface area contributed by atoms with Crippen molar-refractivity contribution in [1.82, 2.24) is 4.90 Å². The first-order chi connectivity index (χ1) is 9.90. The molecule has 1 aromatic carbocycles. The van der Waals surface area contributed by atoms with E-state index in [1.54, 1.807) is 23.2 Å². The van der Waals surface area contributed by atoms with E-state index in [0.29, 0.717) is 11.3 Å². The van der Waals surface area contributed by atoms with Crippen LogP contribution in [0.1, 0.15) is 13.8 Å². The van der Waals surface area contributed by atoms with E-state index >= 15 is 0 Å². The molecule has 0 bridgehead atoms. The van der Waals surface area contributed by atoms with Gasteiger partial charge in [-0.15, -0.1) is 0 Å². The van der Waals surface area contributed by atoms with E-state index in [9.17, 15) is 9.59 Å². The summed E-state index contributed by atoms with van der Waals surface area (Å²) in [7, 11) is 3.63. The largest absolute Gasteiger partial charge is 0.482 e. The second kappa shape index (κ2) is 8.09. The van der Waals surface area contributed by atoms with Crippen LogP contribution in [0.25, 0.3) is 0 Å². The van der Waals surface area contributed by atoms with Gasteiger partial charge in [0.2, 0.25) is 0 Å². The molecule has 0 aliphatic carbocycles. The molecule has 1 atom stereocenters. The van der Waals surface area contributed by atoms with Gasteiger partial charge in [0.15, 0.2) is 11.9 Å². The van der Waals surface area contributed by atoms with Crippen LogP contribution in [0.2, 0.25) is 0 Å². The van der Waals surface area contributed by atoms with Gasteiger partial charge in [0.05, 0.1) is 5.57 Å². The molecule has 0 spiro atoms. The summed E-state index contributed by atoms with van der Waals surface area (Å²) in [4.78, 5) is 24.6. The fourth-order valence-corrected chi connectivity index (χ4v) is 1.72. The molecule has 1 aromatic rings. The highest BCUT2D eigenvalue weighted by atomic mass is 16.6. The third kappa shape index (κ3) is 6.12. The number of hydrogen-bond acceptors (Lipinski definition) is 5. The van der Waals surface area contributed by atoms with Gasteiger partial charge >= 0.3 is 5.97 Å². The van der Waals surface area contributed by atoms with Gasteiger partial charge in [0.1, 0.15) is 12.4 Å². The van der Waals surface area contributed by atoms with Gasteiger partial charge in [-0.25, -0.2) is 0 Å². The number of benzene rings is 1. The molecule has 0 heterocycles. The van der Waals surface area contributed by atoms with Gasteiger partial charge in [0, 0.05) is 27.2 Å². The van der Waals surface area contributed by atoms with Crippen LogP contribution < -0.4 is 4.74 Å². The number of nitrogens with zero attached hydrogens (tertiary/aromatic N) is 1. The molecule has 0 fully saturated rings. The smallest absolute Gasteiger partial charge is 0.302 e. The van der Waals surface area contributed by atoms with Gasteiger partial charge in [-0.1, -0.05) is 18.2 Å². The summed E-state index contributed by atoms with van der Waals surface area (Å²) >= 11 is 0. The molecule has 0 aliphatic heterocycles. The van der Waals surface area contributed by atoms with Gasteiger partial charge < -0.3 is 14.4 Å². The summed E-state index contributed by atoms with van der Waals surface area (Å²) in [6.07, 6.45) is 1.04. The Morgan fingerprint density at radius 1 is 1.19 bits per heavy atom. The van der Waals surface area contributed by atoms with Crippen molar-refractivity contribution in [1.29, 1.82) is 0 Å². The van der Waals surface area contributed by atoms with Crippen LogP contribution in [-0.4, -0.2) is 43.5 Å². The molecule has 0 N–H and O–H groups in total. The minimum atomic E-state index is -0.642. The van der Waals surface area contributed by atoms with Gasteiger partial charge in [-0.2, -0.15) is 0 Å². The fraction of sp³-hybridized carbons (Fsp3) is 0.375. The molecule has 114 valence electrons. The molecular weight excluding hydrogens is 270 g/mol. The fourth-order valence-electron chi connectivity index (χ4n) is 1.72. The first-order valence-corrected chi connectivity index (χ1v) is 6.64. The lowest BCUT2D eigenvalue weighted by atomic mass is 10.1. The van der Waals surface area contributed by atoms with Crippen LogP contribution in [0, 0.1) is 0 Å². The number of esters is 1. The zero-order valence-corrected chi connectivity index (χ0v) is 12.8.